The largest absolute Gasteiger partial charge is 0.339 e. The van der Waals surface area contributed by atoms with E-state index in [2.05, 4.69) is 10.1 Å². The van der Waals surface area contributed by atoms with E-state index in [1.54, 1.807) is 12.1 Å². The summed E-state index contributed by atoms with van der Waals surface area (Å²) in [6.45, 7) is 1.14. The molecular formula is C22H16ClN3O2. The average Bonchev–Trinajstić information content (AvgIpc) is 3.16. The third kappa shape index (κ3) is 2.94. The van der Waals surface area contributed by atoms with Crippen LogP contribution in [0, 0.1) is 0 Å². The standard InChI is InChI=1S/C22H16ClN3O2/c23-17-8-3-7-15(11-17)20-24-21(28-25-20)16-12-26(13-16)22(27)19-10-4-6-14-5-1-2-9-18(14)19/h1-11,16H,12-13H2. The molecule has 5 rings (SSSR count). The van der Waals surface area contributed by atoms with Crippen molar-refractivity contribution in [2.75, 3.05) is 13.1 Å². The van der Waals surface area contributed by atoms with Crippen LogP contribution in [0.5, 0.6) is 0 Å². The Kier molecular flexibility index (Phi) is 4.10. The molecule has 4 aromatic rings. The van der Waals surface area contributed by atoms with Crippen molar-refractivity contribution in [3.05, 3.63) is 83.2 Å². The summed E-state index contributed by atoms with van der Waals surface area (Å²) in [6, 6.07) is 21.1. The summed E-state index contributed by atoms with van der Waals surface area (Å²) in [5.74, 6) is 1.15. The Morgan fingerprint density at radius 1 is 1.04 bits per heavy atom. The first-order valence-corrected chi connectivity index (χ1v) is 9.43. The van der Waals surface area contributed by atoms with Crippen molar-refractivity contribution in [3.8, 4) is 11.4 Å². The van der Waals surface area contributed by atoms with Crippen molar-refractivity contribution in [3.63, 3.8) is 0 Å². The highest BCUT2D eigenvalue weighted by Crippen LogP contribution is 2.30. The molecule has 28 heavy (non-hydrogen) atoms. The van der Waals surface area contributed by atoms with Gasteiger partial charge in [-0.15, -0.1) is 0 Å². The molecule has 1 aliphatic heterocycles. The third-order valence-corrected chi connectivity index (χ3v) is 5.30. The predicted molar refractivity (Wildman–Crippen MR) is 107 cm³/mol. The van der Waals surface area contributed by atoms with Gasteiger partial charge in [0.05, 0.1) is 5.92 Å². The van der Waals surface area contributed by atoms with Crippen molar-refractivity contribution in [1.29, 1.82) is 0 Å². The minimum absolute atomic E-state index is 0.0302. The zero-order chi connectivity index (χ0) is 19.1. The monoisotopic (exact) mass is 389 g/mol. The van der Waals surface area contributed by atoms with E-state index >= 15 is 0 Å². The average molecular weight is 390 g/mol. The maximum atomic E-state index is 12.9. The number of aromatic nitrogens is 2. The van der Waals surface area contributed by atoms with Gasteiger partial charge in [0.15, 0.2) is 0 Å². The number of likely N-dealkylation sites (tertiary alicyclic amines) is 1. The summed E-state index contributed by atoms with van der Waals surface area (Å²) in [7, 11) is 0. The van der Waals surface area contributed by atoms with Crippen LogP contribution in [0.25, 0.3) is 22.2 Å². The van der Waals surface area contributed by atoms with Crippen LogP contribution in [-0.4, -0.2) is 34.0 Å². The second kappa shape index (κ2) is 6.77. The number of hydrogen-bond acceptors (Lipinski definition) is 4. The number of fused-ring (bicyclic) bond motifs is 1. The zero-order valence-corrected chi connectivity index (χ0v) is 15.6. The second-order valence-corrected chi connectivity index (χ2v) is 7.34. The van der Waals surface area contributed by atoms with E-state index in [1.807, 2.05) is 59.5 Å². The van der Waals surface area contributed by atoms with Crippen LogP contribution in [0.2, 0.25) is 5.02 Å². The molecule has 0 saturated carbocycles. The Bertz CT molecular complexity index is 1180. The fourth-order valence-corrected chi connectivity index (χ4v) is 3.72. The van der Waals surface area contributed by atoms with Crippen LogP contribution >= 0.6 is 11.6 Å². The van der Waals surface area contributed by atoms with E-state index in [9.17, 15) is 4.79 Å². The molecule has 0 unspecified atom stereocenters. The van der Waals surface area contributed by atoms with Crippen LogP contribution < -0.4 is 0 Å². The highest BCUT2D eigenvalue weighted by Gasteiger charge is 2.36. The normalized spacial score (nSPS) is 14.2. The third-order valence-electron chi connectivity index (χ3n) is 5.06. The first-order chi connectivity index (χ1) is 13.7. The number of amides is 1. The number of hydrogen-bond donors (Lipinski definition) is 0. The van der Waals surface area contributed by atoms with Crippen LogP contribution in [0.4, 0.5) is 0 Å². The lowest BCUT2D eigenvalue weighted by atomic mass is 9.97. The van der Waals surface area contributed by atoms with Gasteiger partial charge in [-0.1, -0.05) is 65.3 Å². The lowest BCUT2D eigenvalue weighted by Crippen LogP contribution is -2.48. The Morgan fingerprint density at radius 2 is 1.82 bits per heavy atom. The SMILES string of the molecule is O=C(c1cccc2ccccc12)N1CC(c2nc(-c3cccc(Cl)c3)no2)C1. The van der Waals surface area contributed by atoms with Gasteiger partial charge < -0.3 is 9.42 Å². The lowest BCUT2D eigenvalue weighted by Gasteiger charge is -2.37. The van der Waals surface area contributed by atoms with Crippen molar-refractivity contribution < 1.29 is 9.32 Å². The smallest absolute Gasteiger partial charge is 0.254 e. The Balaban J connectivity index is 1.32. The molecule has 2 heterocycles. The summed E-state index contributed by atoms with van der Waals surface area (Å²) in [4.78, 5) is 19.2. The molecule has 5 nitrogen and oxygen atoms in total. The fourth-order valence-electron chi connectivity index (χ4n) is 3.53. The molecule has 0 N–H and O–H groups in total. The summed E-state index contributed by atoms with van der Waals surface area (Å²) in [5, 5.41) is 6.71. The molecule has 0 atom stereocenters. The molecule has 0 bridgehead atoms. The minimum Gasteiger partial charge on any atom is -0.339 e. The van der Waals surface area contributed by atoms with Crippen LogP contribution in [0.1, 0.15) is 22.2 Å². The molecule has 0 radical (unpaired) electrons. The molecule has 6 heteroatoms. The van der Waals surface area contributed by atoms with E-state index in [-0.39, 0.29) is 11.8 Å². The number of carbonyl (C=O) groups excluding carboxylic acids is 1. The second-order valence-electron chi connectivity index (χ2n) is 6.90. The molecule has 1 fully saturated rings. The van der Waals surface area contributed by atoms with Crippen molar-refractivity contribution in [1.82, 2.24) is 15.0 Å². The van der Waals surface area contributed by atoms with E-state index in [0.717, 1.165) is 21.9 Å². The molecule has 1 aromatic heterocycles. The van der Waals surface area contributed by atoms with Crippen LogP contribution in [-0.2, 0) is 0 Å². The van der Waals surface area contributed by atoms with E-state index in [0.29, 0.717) is 29.8 Å². The van der Waals surface area contributed by atoms with Gasteiger partial charge in [0, 0.05) is 29.2 Å². The molecule has 1 saturated heterocycles. The number of benzene rings is 3. The van der Waals surface area contributed by atoms with Gasteiger partial charge in [-0.25, -0.2) is 0 Å². The van der Waals surface area contributed by atoms with Gasteiger partial charge in [-0.2, -0.15) is 4.98 Å². The Hall–Kier alpha value is -3.18. The fraction of sp³-hybridized carbons (Fsp3) is 0.136. The molecule has 1 aliphatic rings. The number of halogens is 1. The topological polar surface area (TPSA) is 59.2 Å². The van der Waals surface area contributed by atoms with Gasteiger partial charge in [0.2, 0.25) is 11.7 Å². The molecule has 1 amide bonds. The van der Waals surface area contributed by atoms with Crippen molar-refractivity contribution >= 4 is 28.3 Å². The first kappa shape index (κ1) is 17.0. The molecular weight excluding hydrogens is 374 g/mol. The molecule has 3 aromatic carbocycles. The number of carbonyl (C=O) groups is 1. The van der Waals surface area contributed by atoms with Gasteiger partial charge in [0.25, 0.3) is 5.91 Å². The van der Waals surface area contributed by atoms with E-state index in [4.69, 9.17) is 16.1 Å². The van der Waals surface area contributed by atoms with Crippen LogP contribution in [0.15, 0.2) is 71.3 Å². The maximum Gasteiger partial charge on any atom is 0.254 e. The minimum atomic E-state index is 0.0302. The summed E-state index contributed by atoms with van der Waals surface area (Å²) in [6.07, 6.45) is 0. The Morgan fingerprint density at radius 3 is 2.68 bits per heavy atom. The highest BCUT2D eigenvalue weighted by atomic mass is 35.5. The van der Waals surface area contributed by atoms with E-state index < -0.39 is 0 Å². The van der Waals surface area contributed by atoms with Crippen molar-refractivity contribution in [2.45, 2.75) is 5.92 Å². The molecule has 138 valence electrons. The maximum absolute atomic E-state index is 12.9. The van der Waals surface area contributed by atoms with Gasteiger partial charge >= 0.3 is 0 Å². The van der Waals surface area contributed by atoms with Gasteiger partial charge in [-0.05, 0) is 29.0 Å². The predicted octanol–water partition coefficient (Wildman–Crippen LogP) is 4.78. The van der Waals surface area contributed by atoms with Crippen LogP contribution in [0.3, 0.4) is 0 Å². The molecule has 0 aliphatic carbocycles. The number of rotatable bonds is 3. The van der Waals surface area contributed by atoms with Gasteiger partial charge in [-0.3, -0.25) is 4.79 Å². The highest BCUT2D eigenvalue weighted by molar-refractivity contribution is 6.30. The van der Waals surface area contributed by atoms with E-state index in [1.165, 1.54) is 0 Å². The van der Waals surface area contributed by atoms with Crippen molar-refractivity contribution in [2.24, 2.45) is 0 Å². The summed E-state index contributed by atoms with van der Waals surface area (Å²) in [5.41, 5.74) is 1.53. The lowest BCUT2D eigenvalue weighted by molar-refractivity contribution is 0.0571. The number of nitrogens with zero attached hydrogens (tertiary/aromatic N) is 3. The summed E-state index contributed by atoms with van der Waals surface area (Å²) >= 11 is 6.03. The van der Waals surface area contributed by atoms with Gasteiger partial charge in [0.1, 0.15) is 0 Å². The Labute approximate surface area is 166 Å². The molecule has 0 spiro atoms. The quantitative estimate of drug-likeness (QED) is 0.505. The summed E-state index contributed by atoms with van der Waals surface area (Å²) < 4.78 is 5.42. The zero-order valence-electron chi connectivity index (χ0n) is 14.9. The first-order valence-electron chi connectivity index (χ1n) is 9.05.